The van der Waals surface area contributed by atoms with Crippen LogP contribution in [0.3, 0.4) is 0 Å². The van der Waals surface area contributed by atoms with Gasteiger partial charge in [0.1, 0.15) is 0 Å². The van der Waals surface area contributed by atoms with Crippen LogP contribution in [-0.2, 0) is 10.0 Å². The van der Waals surface area contributed by atoms with Crippen molar-refractivity contribution in [2.45, 2.75) is 13.3 Å². The maximum Gasteiger partial charge on any atom is 0.229 e. The molecule has 0 unspecified atom stereocenters. The van der Waals surface area contributed by atoms with Crippen molar-refractivity contribution in [2.24, 2.45) is 0 Å². The third-order valence-electron chi connectivity index (χ3n) is 2.00. The van der Waals surface area contributed by atoms with Crippen LogP contribution in [0.1, 0.15) is 17.5 Å². The molecule has 0 fully saturated rings. The summed E-state index contributed by atoms with van der Waals surface area (Å²) >= 11 is 0. The number of aryl methyl sites for hydroxylation is 1. The van der Waals surface area contributed by atoms with Crippen molar-refractivity contribution in [2.75, 3.05) is 17.6 Å². The summed E-state index contributed by atoms with van der Waals surface area (Å²) in [6.07, 6.45) is 1.51. The summed E-state index contributed by atoms with van der Waals surface area (Å²) in [5.74, 6) is 5.70. The fourth-order valence-electron chi connectivity index (χ4n) is 1.25. The molecule has 92 valence electrons. The molecule has 0 spiro atoms. The molecule has 0 saturated carbocycles. The minimum Gasteiger partial charge on any atom is -0.395 e. The third kappa shape index (κ3) is 4.89. The number of sulfonamides is 1. The van der Waals surface area contributed by atoms with Crippen molar-refractivity contribution < 1.29 is 13.5 Å². The van der Waals surface area contributed by atoms with Gasteiger partial charge in [0.05, 0.1) is 12.9 Å². The van der Waals surface area contributed by atoms with Gasteiger partial charge in [-0.1, -0.05) is 17.9 Å². The Morgan fingerprint density at radius 3 is 2.71 bits per heavy atom. The Bertz CT molecular complexity index is 553. The summed E-state index contributed by atoms with van der Waals surface area (Å²) in [6.45, 7) is 1.92. The lowest BCUT2D eigenvalue weighted by Crippen LogP contribution is -2.09. The highest BCUT2D eigenvalue weighted by Gasteiger charge is 2.03. The minimum atomic E-state index is -3.27. The molecule has 0 amide bonds. The second kappa shape index (κ2) is 5.71. The summed E-state index contributed by atoms with van der Waals surface area (Å²) in [7, 11) is -3.27. The average Bonchev–Trinajstić information content (AvgIpc) is 2.21. The van der Waals surface area contributed by atoms with Crippen LogP contribution in [0.4, 0.5) is 5.69 Å². The van der Waals surface area contributed by atoms with Gasteiger partial charge in [-0.25, -0.2) is 8.42 Å². The second-order valence-corrected chi connectivity index (χ2v) is 5.43. The van der Waals surface area contributed by atoms with E-state index in [-0.39, 0.29) is 6.61 Å². The van der Waals surface area contributed by atoms with Crippen LogP contribution >= 0.6 is 0 Å². The molecule has 5 heteroatoms. The SMILES string of the molecule is Cc1ccc(NS(C)(=O)=O)cc1C#CCCO. The van der Waals surface area contributed by atoms with Crippen molar-refractivity contribution in [3.05, 3.63) is 29.3 Å². The number of hydrogen-bond donors (Lipinski definition) is 2. The number of hydrogen-bond acceptors (Lipinski definition) is 3. The average molecular weight is 253 g/mol. The highest BCUT2D eigenvalue weighted by Crippen LogP contribution is 2.15. The second-order valence-electron chi connectivity index (χ2n) is 3.68. The van der Waals surface area contributed by atoms with E-state index in [1.54, 1.807) is 18.2 Å². The Morgan fingerprint density at radius 2 is 2.12 bits per heavy atom. The Hall–Kier alpha value is -1.51. The predicted molar refractivity (Wildman–Crippen MR) is 68.2 cm³/mol. The van der Waals surface area contributed by atoms with Gasteiger partial charge in [-0.3, -0.25) is 4.72 Å². The van der Waals surface area contributed by atoms with E-state index in [0.717, 1.165) is 17.4 Å². The van der Waals surface area contributed by atoms with E-state index in [0.29, 0.717) is 12.1 Å². The quantitative estimate of drug-likeness (QED) is 0.793. The third-order valence-corrected chi connectivity index (χ3v) is 2.61. The lowest BCUT2D eigenvalue weighted by Gasteiger charge is -2.05. The van der Waals surface area contributed by atoms with E-state index < -0.39 is 10.0 Å². The number of nitrogens with one attached hydrogen (secondary N) is 1. The molecule has 1 rings (SSSR count). The van der Waals surface area contributed by atoms with Crippen molar-refractivity contribution in [1.82, 2.24) is 0 Å². The van der Waals surface area contributed by atoms with Crippen LogP contribution in [0.2, 0.25) is 0 Å². The van der Waals surface area contributed by atoms with E-state index in [1.807, 2.05) is 6.92 Å². The van der Waals surface area contributed by atoms with Gasteiger partial charge in [0, 0.05) is 17.7 Å². The van der Waals surface area contributed by atoms with Crippen LogP contribution in [0.15, 0.2) is 18.2 Å². The smallest absolute Gasteiger partial charge is 0.229 e. The minimum absolute atomic E-state index is 0.0212. The Balaban J connectivity index is 3.00. The Kier molecular flexibility index (Phi) is 4.55. The number of aliphatic hydroxyl groups excluding tert-OH is 1. The number of rotatable bonds is 3. The van der Waals surface area contributed by atoms with Crippen molar-refractivity contribution >= 4 is 15.7 Å². The van der Waals surface area contributed by atoms with Crippen LogP contribution < -0.4 is 4.72 Å². The standard InChI is InChI=1S/C12H15NO3S/c1-10-6-7-12(13-17(2,15)16)9-11(10)5-3-4-8-14/h6-7,9,13-14H,4,8H2,1-2H3. The van der Waals surface area contributed by atoms with Crippen molar-refractivity contribution in [3.63, 3.8) is 0 Å². The first kappa shape index (κ1) is 13.6. The molecule has 0 saturated heterocycles. The van der Waals surface area contributed by atoms with Gasteiger partial charge in [-0.2, -0.15) is 0 Å². The fourth-order valence-corrected chi connectivity index (χ4v) is 1.80. The Labute approximate surface area is 102 Å². The molecule has 17 heavy (non-hydrogen) atoms. The van der Waals surface area contributed by atoms with Gasteiger partial charge in [0.2, 0.25) is 10.0 Å². The number of aliphatic hydroxyl groups is 1. The summed E-state index contributed by atoms with van der Waals surface area (Å²) in [5, 5.41) is 8.63. The summed E-state index contributed by atoms with van der Waals surface area (Å²) in [6, 6.07) is 5.17. The molecule has 0 heterocycles. The number of anilines is 1. The zero-order valence-electron chi connectivity index (χ0n) is 9.82. The topological polar surface area (TPSA) is 66.4 Å². The highest BCUT2D eigenvalue weighted by molar-refractivity contribution is 7.92. The van der Waals surface area contributed by atoms with E-state index in [4.69, 9.17) is 5.11 Å². The van der Waals surface area contributed by atoms with Gasteiger partial charge >= 0.3 is 0 Å². The fraction of sp³-hybridized carbons (Fsp3) is 0.333. The molecule has 0 aliphatic rings. The normalized spacial score (nSPS) is 10.5. The molecule has 1 aromatic rings. The monoisotopic (exact) mass is 253 g/mol. The van der Waals surface area contributed by atoms with Gasteiger partial charge in [-0.05, 0) is 24.6 Å². The van der Waals surface area contributed by atoms with Crippen LogP contribution in [0.5, 0.6) is 0 Å². The van der Waals surface area contributed by atoms with Crippen molar-refractivity contribution in [3.8, 4) is 11.8 Å². The van der Waals surface area contributed by atoms with Gasteiger partial charge in [-0.15, -0.1) is 0 Å². The molecular formula is C12H15NO3S. The Morgan fingerprint density at radius 1 is 1.41 bits per heavy atom. The summed E-state index contributed by atoms with van der Waals surface area (Å²) in [4.78, 5) is 0. The molecule has 1 aromatic carbocycles. The maximum atomic E-state index is 11.1. The van der Waals surface area contributed by atoms with Crippen LogP contribution in [-0.4, -0.2) is 26.4 Å². The molecule has 0 bridgehead atoms. The molecule has 4 nitrogen and oxygen atoms in total. The van der Waals surface area contributed by atoms with E-state index in [9.17, 15) is 8.42 Å². The van der Waals surface area contributed by atoms with Gasteiger partial charge in [0.15, 0.2) is 0 Å². The molecule has 2 N–H and O–H groups in total. The van der Waals surface area contributed by atoms with Crippen molar-refractivity contribution in [1.29, 1.82) is 0 Å². The van der Waals surface area contributed by atoms with E-state index in [1.165, 1.54) is 0 Å². The first-order valence-corrected chi connectivity index (χ1v) is 6.99. The molecule has 0 atom stereocenters. The zero-order chi connectivity index (χ0) is 12.9. The largest absolute Gasteiger partial charge is 0.395 e. The summed E-state index contributed by atoms with van der Waals surface area (Å²) < 4.78 is 24.5. The van der Waals surface area contributed by atoms with Crippen LogP contribution in [0, 0.1) is 18.8 Å². The van der Waals surface area contributed by atoms with Gasteiger partial charge in [0.25, 0.3) is 0 Å². The molecule has 0 aliphatic carbocycles. The van der Waals surface area contributed by atoms with Gasteiger partial charge < -0.3 is 5.11 Å². The maximum absolute atomic E-state index is 11.1. The number of benzene rings is 1. The summed E-state index contributed by atoms with van der Waals surface area (Å²) in [5.41, 5.74) is 2.22. The molecule has 0 radical (unpaired) electrons. The lowest BCUT2D eigenvalue weighted by atomic mass is 10.1. The highest BCUT2D eigenvalue weighted by atomic mass is 32.2. The molecule has 0 aromatic heterocycles. The molecule has 0 aliphatic heterocycles. The van der Waals surface area contributed by atoms with Crippen LogP contribution in [0.25, 0.3) is 0 Å². The predicted octanol–water partition coefficient (Wildman–Crippen LogP) is 1.10. The molecular weight excluding hydrogens is 238 g/mol. The first-order chi connectivity index (χ1) is 7.92. The van der Waals surface area contributed by atoms with E-state index >= 15 is 0 Å². The zero-order valence-corrected chi connectivity index (χ0v) is 10.6. The lowest BCUT2D eigenvalue weighted by molar-refractivity contribution is 0.305. The van der Waals surface area contributed by atoms with E-state index in [2.05, 4.69) is 16.6 Å². The first-order valence-electron chi connectivity index (χ1n) is 5.10.